The number of rotatable bonds is 6. The van der Waals surface area contributed by atoms with E-state index in [4.69, 9.17) is 27.9 Å². The van der Waals surface area contributed by atoms with Crippen molar-refractivity contribution in [2.45, 2.75) is 50.7 Å². The molecule has 3 aromatic carbocycles. The molecule has 8 nitrogen and oxygen atoms in total. The number of benzene rings is 3. The lowest BCUT2D eigenvalue weighted by Gasteiger charge is -2.42. The molecular weight excluding hydrogens is 597 g/mol. The number of carbonyl (C=O) groups is 2. The number of amides is 2. The van der Waals surface area contributed by atoms with Crippen LogP contribution in [-0.4, -0.2) is 62.5 Å². The molecule has 0 aliphatic carbocycles. The van der Waals surface area contributed by atoms with Gasteiger partial charge in [0.2, 0.25) is 0 Å². The maximum Gasteiger partial charge on any atom is 0.410 e. The summed E-state index contributed by atoms with van der Waals surface area (Å²) >= 11 is 12.3. The minimum Gasteiger partial charge on any atom is -0.444 e. The molecule has 3 aromatic rings. The topological polar surface area (TPSA) is 87.2 Å². The first kappa shape index (κ1) is 31.7. The van der Waals surface area contributed by atoms with Gasteiger partial charge in [0, 0.05) is 37.3 Å². The molecule has 2 amide bonds. The quantitative estimate of drug-likeness (QED) is 0.298. The van der Waals surface area contributed by atoms with E-state index in [0.717, 1.165) is 21.9 Å². The van der Waals surface area contributed by atoms with E-state index < -0.39 is 27.8 Å². The van der Waals surface area contributed by atoms with Crippen molar-refractivity contribution in [3.8, 4) is 0 Å². The number of hydrogen-bond acceptors (Lipinski definition) is 5. The van der Waals surface area contributed by atoms with Gasteiger partial charge in [0.05, 0.1) is 16.8 Å². The highest BCUT2D eigenvalue weighted by atomic mass is 35.5. The van der Waals surface area contributed by atoms with E-state index in [1.807, 2.05) is 45.0 Å². The van der Waals surface area contributed by atoms with Crippen molar-refractivity contribution in [1.29, 1.82) is 0 Å². The summed E-state index contributed by atoms with van der Waals surface area (Å²) in [5, 5.41) is 0.467. The molecule has 0 saturated carbocycles. The van der Waals surface area contributed by atoms with E-state index in [1.165, 1.54) is 25.2 Å². The molecule has 4 rings (SSSR count). The Bertz CT molecular complexity index is 1550. The van der Waals surface area contributed by atoms with Crippen LogP contribution in [0.2, 0.25) is 10.0 Å². The third kappa shape index (κ3) is 7.02. The predicted octanol–water partition coefficient (Wildman–Crippen LogP) is 6.82. The SMILES string of the molecule is CCc1ccc(C2CN(C(=O)OC(C)(C)C)CCN2C(=O)c2ccc(Cl)c(S(=O)(=O)N(C)c3ccc(Cl)cc3)c2)cc1. The van der Waals surface area contributed by atoms with Crippen molar-refractivity contribution in [3.63, 3.8) is 0 Å². The summed E-state index contributed by atoms with van der Waals surface area (Å²) in [7, 11) is -2.70. The predicted molar refractivity (Wildman–Crippen MR) is 166 cm³/mol. The summed E-state index contributed by atoms with van der Waals surface area (Å²) in [6, 6.07) is 18.0. The molecule has 42 heavy (non-hydrogen) atoms. The second kappa shape index (κ2) is 12.5. The Morgan fingerprint density at radius 3 is 2.21 bits per heavy atom. The Hall–Kier alpha value is -3.27. The zero-order valence-corrected chi connectivity index (χ0v) is 26.6. The fourth-order valence-corrected chi connectivity index (χ4v) is 6.54. The molecule has 0 N–H and O–H groups in total. The molecule has 1 heterocycles. The molecule has 0 spiro atoms. The van der Waals surface area contributed by atoms with Gasteiger partial charge in [-0.3, -0.25) is 9.10 Å². The van der Waals surface area contributed by atoms with Gasteiger partial charge < -0.3 is 14.5 Å². The lowest BCUT2D eigenvalue weighted by Crippen LogP contribution is -2.53. The fourth-order valence-electron chi connectivity index (χ4n) is 4.72. The van der Waals surface area contributed by atoms with Crippen molar-refractivity contribution >= 4 is 50.9 Å². The monoisotopic (exact) mass is 631 g/mol. The van der Waals surface area contributed by atoms with Gasteiger partial charge in [-0.15, -0.1) is 0 Å². The summed E-state index contributed by atoms with van der Waals surface area (Å²) in [6.45, 7) is 8.21. The number of piperazine rings is 1. The van der Waals surface area contributed by atoms with Crippen LogP contribution in [0, 0.1) is 0 Å². The first-order valence-electron chi connectivity index (χ1n) is 13.6. The van der Waals surface area contributed by atoms with Gasteiger partial charge in [-0.2, -0.15) is 0 Å². The van der Waals surface area contributed by atoms with Crippen LogP contribution in [0.5, 0.6) is 0 Å². The van der Waals surface area contributed by atoms with Gasteiger partial charge >= 0.3 is 6.09 Å². The molecule has 11 heteroatoms. The molecule has 1 fully saturated rings. The molecule has 1 atom stereocenters. The van der Waals surface area contributed by atoms with Gasteiger partial charge in [-0.1, -0.05) is 54.4 Å². The lowest BCUT2D eigenvalue weighted by atomic mass is 9.99. The maximum absolute atomic E-state index is 14.0. The molecule has 1 saturated heterocycles. The number of hydrogen-bond donors (Lipinski definition) is 0. The van der Waals surface area contributed by atoms with Crippen LogP contribution in [0.4, 0.5) is 10.5 Å². The van der Waals surface area contributed by atoms with E-state index in [1.54, 1.807) is 34.1 Å². The second-order valence-electron chi connectivity index (χ2n) is 11.1. The second-order valence-corrected chi connectivity index (χ2v) is 13.9. The van der Waals surface area contributed by atoms with E-state index >= 15 is 0 Å². The molecule has 0 radical (unpaired) electrons. The average molecular weight is 633 g/mol. The zero-order valence-electron chi connectivity index (χ0n) is 24.3. The lowest BCUT2D eigenvalue weighted by molar-refractivity contribution is 0.00407. The van der Waals surface area contributed by atoms with Crippen molar-refractivity contribution in [3.05, 3.63) is 93.5 Å². The largest absolute Gasteiger partial charge is 0.444 e. The third-order valence-electron chi connectivity index (χ3n) is 7.07. The Labute approximate surface area is 257 Å². The minimum absolute atomic E-state index is 0.00573. The van der Waals surface area contributed by atoms with Crippen LogP contribution in [-0.2, 0) is 21.2 Å². The number of aryl methyl sites for hydroxylation is 1. The summed E-state index contributed by atoms with van der Waals surface area (Å²) in [6.07, 6.45) is 0.416. The molecule has 1 unspecified atom stereocenters. The van der Waals surface area contributed by atoms with Gasteiger partial charge in [-0.05, 0) is 80.8 Å². The molecule has 1 aliphatic heterocycles. The molecule has 0 aromatic heterocycles. The maximum atomic E-state index is 14.0. The molecular formula is C31H35Cl2N3O5S. The summed E-state index contributed by atoms with van der Waals surface area (Å²) in [4.78, 5) is 30.0. The van der Waals surface area contributed by atoms with E-state index in [0.29, 0.717) is 10.7 Å². The standard InChI is InChI=1S/C31H35Cl2N3O5S/c1-6-21-7-9-22(10-8-21)27-20-35(30(38)41-31(2,3)4)17-18-36(27)29(37)23-11-16-26(33)28(19-23)42(39,40)34(5)25-14-12-24(32)13-15-25/h7-16,19,27H,6,17-18,20H2,1-5H3. The zero-order chi connectivity index (χ0) is 30.8. The number of halogens is 2. The van der Waals surface area contributed by atoms with Crippen molar-refractivity contribution in [2.75, 3.05) is 31.0 Å². The van der Waals surface area contributed by atoms with Crippen LogP contribution >= 0.6 is 23.2 Å². The van der Waals surface area contributed by atoms with Gasteiger partial charge in [0.15, 0.2) is 0 Å². The summed E-state index contributed by atoms with van der Waals surface area (Å²) in [5.41, 5.74) is 1.91. The average Bonchev–Trinajstić information content (AvgIpc) is 2.96. The van der Waals surface area contributed by atoms with Gasteiger partial charge in [-0.25, -0.2) is 13.2 Å². The first-order valence-corrected chi connectivity index (χ1v) is 15.8. The van der Waals surface area contributed by atoms with Gasteiger partial charge in [0.1, 0.15) is 10.5 Å². The van der Waals surface area contributed by atoms with Crippen LogP contribution in [0.1, 0.15) is 55.2 Å². The molecule has 0 bridgehead atoms. The Kier molecular flexibility index (Phi) is 9.45. The van der Waals surface area contributed by atoms with E-state index in [2.05, 4.69) is 6.92 Å². The number of carbonyl (C=O) groups excluding carboxylic acids is 2. The van der Waals surface area contributed by atoms with Crippen molar-refractivity contribution < 1.29 is 22.7 Å². The van der Waals surface area contributed by atoms with E-state index in [-0.39, 0.29) is 41.0 Å². The van der Waals surface area contributed by atoms with Crippen LogP contribution in [0.25, 0.3) is 0 Å². The highest BCUT2D eigenvalue weighted by Crippen LogP contribution is 2.32. The fraction of sp³-hybridized carbons (Fsp3) is 0.355. The van der Waals surface area contributed by atoms with Crippen LogP contribution < -0.4 is 4.31 Å². The normalized spacial score (nSPS) is 15.8. The third-order valence-corrected chi connectivity index (χ3v) is 9.59. The van der Waals surface area contributed by atoms with E-state index in [9.17, 15) is 18.0 Å². The Morgan fingerprint density at radius 1 is 0.976 bits per heavy atom. The first-order chi connectivity index (χ1) is 19.7. The smallest absolute Gasteiger partial charge is 0.410 e. The highest BCUT2D eigenvalue weighted by Gasteiger charge is 2.36. The minimum atomic E-state index is -4.11. The van der Waals surface area contributed by atoms with Crippen LogP contribution in [0.15, 0.2) is 71.6 Å². The van der Waals surface area contributed by atoms with Crippen LogP contribution in [0.3, 0.4) is 0 Å². The molecule has 1 aliphatic rings. The number of anilines is 1. The molecule has 224 valence electrons. The van der Waals surface area contributed by atoms with Gasteiger partial charge in [0.25, 0.3) is 15.9 Å². The number of nitrogens with zero attached hydrogens (tertiary/aromatic N) is 3. The Morgan fingerprint density at radius 2 is 1.62 bits per heavy atom. The summed E-state index contributed by atoms with van der Waals surface area (Å²) < 4.78 is 33.9. The number of sulfonamides is 1. The summed E-state index contributed by atoms with van der Waals surface area (Å²) in [5.74, 6) is -0.370. The Balaban J connectivity index is 1.67. The highest BCUT2D eigenvalue weighted by molar-refractivity contribution is 7.93. The van der Waals surface area contributed by atoms with Crippen molar-refractivity contribution in [1.82, 2.24) is 9.80 Å². The van der Waals surface area contributed by atoms with Crippen molar-refractivity contribution in [2.24, 2.45) is 0 Å². The number of ether oxygens (including phenoxy) is 1.